The third-order valence-corrected chi connectivity index (χ3v) is 5.15. The van der Waals surface area contributed by atoms with Gasteiger partial charge in [-0.1, -0.05) is 20.8 Å². The standard InChI is InChI=1S/C13H21ClO4S/c1-5-18-12(15)10-8-9(13(2,3)4)6-7-11(10)19(14,16)17/h9H,5-8H2,1-4H3. The Balaban J connectivity index is 3.17. The molecule has 0 radical (unpaired) electrons. The Kier molecular flexibility index (Phi) is 5.07. The van der Waals surface area contributed by atoms with Crippen LogP contribution in [0.15, 0.2) is 10.5 Å². The number of carbonyl (C=O) groups excluding carboxylic acids is 1. The smallest absolute Gasteiger partial charge is 0.335 e. The quantitative estimate of drug-likeness (QED) is 0.593. The van der Waals surface area contributed by atoms with Gasteiger partial charge in [0.05, 0.1) is 17.1 Å². The van der Waals surface area contributed by atoms with E-state index in [0.29, 0.717) is 19.3 Å². The lowest BCUT2D eigenvalue weighted by atomic mass is 9.72. The van der Waals surface area contributed by atoms with Gasteiger partial charge in [0.25, 0.3) is 9.05 Å². The molecule has 0 saturated heterocycles. The Morgan fingerprint density at radius 2 is 2.00 bits per heavy atom. The van der Waals surface area contributed by atoms with Crippen molar-refractivity contribution in [1.29, 1.82) is 0 Å². The first-order chi connectivity index (χ1) is 8.57. The largest absolute Gasteiger partial charge is 0.463 e. The summed E-state index contributed by atoms with van der Waals surface area (Å²) >= 11 is 0. The number of esters is 1. The van der Waals surface area contributed by atoms with Crippen LogP contribution in [-0.2, 0) is 18.6 Å². The van der Waals surface area contributed by atoms with E-state index < -0.39 is 15.0 Å². The van der Waals surface area contributed by atoms with Crippen LogP contribution >= 0.6 is 10.7 Å². The van der Waals surface area contributed by atoms with E-state index in [1.54, 1.807) is 6.92 Å². The fourth-order valence-electron chi connectivity index (χ4n) is 2.34. The minimum absolute atomic E-state index is 0.0132. The summed E-state index contributed by atoms with van der Waals surface area (Å²) in [7, 11) is 1.56. The highest BCUT2D eigenvalue weighted by atomic mass is 35.7. The Hall–Kier alpha value is -0.550. The summed E-state index contributed by atoms with van der Waals surface area (Å²) in [4.78, 5) is 12.0. The van der Waals surface area contributed by atoms with E-state index in [0.717, 1.165) is 0 Å². The molecule has 0 aromatic heterocycles. The van der Waals surface area contributed by atoms with Gasteiger partial charge in [-0.2, -0.15) is 0 Å². The molecule has 1 atom stereocenters. The van der Waals surface area contributed by atoms with E-state index in [1.165, 1.54) is 0 Å². The van der Waals surface area contributed by atoms with Gasteiger partial charge in [-0.25, -0.2) is 13.2 Å². The summed E-state index contributed by atoms with van der Waals surface area (Å²) in [5.41, 5.74) is 0.238. The van der Waals surface area contributed by atoms with Gasteiger partial charge in [-0.15, -0.1) is 0 Å². The van der Waals surface area contributed by atoms with E-state index >= 15 is 0 Å². The minimum atomic E-state index is -3.86. The molecule has 1 unspecified atom stereocenters. The summed E-state index contributed by atoms with van der Waals surface area (Å²) in [5, 5.41) is 0. The van der Waals surface area contributed by atoms with Crippen LogP contribution < -0.4 is 0 Å². The normalized spacial score (nSPS) is 21.4. The van der Waals surface area contributed by atoms with E-state index in [9.17, 15) is 13.2 Å². The third kappa shape index (κ3) is 4.21. The van der Waals surface area contributed by atoms with E-state index in [1.807, 2.05) is 0 Å². The number of allylic oxidation sites excluding steroid dienone is 1. The molecule has 0 aliphatic heterocycles. The van der Waals surface area contributed by atoms with Crippen LogP contribution in [0.25, 0.3) is 0 Å². The Bertz CT molecular complexity index is 485. The molecule has 0 fully saturated rings. The van der Waals surface area contributed by atoms with Gasteiger partial charge in [-0.05, 0) is 37.5 Å². The molecule has 0 N–H and O–H groups in total. The maximum atomic E-state index is 11.9. The van der Waals surface area contributed by atoms with E-state index in [2.05, 4.69) is 20.8 Å². The van der Waals surface area contributed by atoms with Crippen molar-refractivity contribution in [3.63, 3.8) is 0 Å². The molecule has 0 spiro atoms. The van der Waals surface area contributed by atoms with Gasteiger partial charge in [0.2, 0.25) is 0 Å². The number of halogens is 1. The van der Waals surface area contributed by atoms with E-state index in [-0.39, 0.29) is 28.4 Å². The van der Waals surface area contributed by atoms with Gasteiger partial charge in [0.1, 0.15) is 0 Å². The van der Waals surface area contributed by atoms with Gasteiger partial charge >= 0.3 is 5.97 Å². The second kappa shape index (κ2) is 5.83. The van der Waals surface area contributed by atoms with Gasteiger partial charge in [-0.3, -0.25) is 0 Å². The molecule has 1 aliphatic carbocycles. The molecule has 0 saturated carbocycles. The first kappa shape index (κ1) is 16.5. The maximum Gasteiger partial charge on any atom is 0.335 e. The zero-order chi connectivity index (χ0) is 14.8. The Labute approximate surface area is 119 Å². The molecule has 1 rings (SSSR count). The van der Waals surface area contributed by atoms with Gasteiger partial charge < -0.3 is 4.74 Å². The summed E-state index contributed by atoms with van der Waals surface area (Å²) < 4.78 is 28.1. The van der Waals surface area contributed by atoms with Crippen molar-refractivity contribution >= 4 is 25.7 Å². The van der Waals surface area contributed by atoms with Crippen molar-refractivity contribution < 1.29 is 17.9 Å². The molecular formula is C13H21ClO4S. The summed E-state index contributed by atoms with van der Waals surface area (Å²) in [6.07, 6.45) is 1.43. The van der Waals surface area contributed by atoms with Gasteiger partial charge in [0, 0.05) is 10.7 Å². The molecule has 19 heavy (non-hydrogen) atoms. The molecular weight excluding hydrogens is 288 g/mol. The zero-order valence-electron chi connectivity index (χ0n) is 11.8. The van der Waals surface area contributed by atoms with Crippen LogP contribution in [0, 0.1) is 11.3 Å². The SMILES string of the molecule is CCOC(=O)C1=C(S(=O)(=O)Cl)CCC(C(C)(C)C)C1. The molecule has 110 valence electrons. The Morgan fingerprint density at radius 1 is 1.42 bits per heavy atom. The fourth-order valence-corrected chi connectivity index (χ4v) is 3.68. The third-order valence-electron chi connectivity index (χ3n) is 3.55. The summed E-state index contributed by atoms with van der Waals surface area (Å²) in [5.74, 6) is -0.315. The van der Waals surface area contributed by atoms with Crippen LogP contribution in [0.1, 0.15) is 47.0 Å². The van der Waals surface area contributed by atoms with Crippen LogP contribution in [-0.4, -0.2) is 21.0 Å². The van der Waals surface area contributed by atoms with Crippen LogP contribution in [0.3, 0.4) is 0 Å². The predicted octanol–water partition coefficient (Wildman–Crippen LogP) is 3.22. The number of carbonyl (C=O) groups is 1. The minimum Gasteiger partial charge on any atom is -0.463 e. The number of hydrogen-bond acceptors (Lipinski definition) is 4. The summed E-state index contributed by atoms with van der Waals surface area (Å²) in [6.45, 7) is 8.16. The monoisotopic (exact) mass is 308 g/mol. The lowest BCUT2D eigenvalue weighted by Gasteiger charge is -2.34. The lowest BCUT2D eigenvalue weighted by molar-refractivity contribution is -0.139. The zero-order valence-corrected chi connectivity index (χ0v) is 13.4. The van der Waals surface area contributed by atoms with Crippen molar-refractivity contribution in [3.05, 3.63) is 10.5 Å². The maximum absolute atomic E-state index is 11.9. The fraction of sp³-hybridized carbons (Fsp3) is 0.769. The first-order valence-corrected chi connectivity index (χ1v) is 8.72. The lowest BCUT2D eigenvalue weighted by Crippen LogP contribution is -2.28. The van der Waals surface area contributed by atoms with Crippen molar-refractivity contribution in [1.82, 2.24) is 0 Å². The average Bonchev–Trinajstić information content (AvgIpc) is 2.26. The molecule has 0 bridgehead atoms. The topological polar surface area (TPSA) is 60.4 Å². The van der Waals surface area contributed by atoms with Gasteiger partial charge in [0.15, 0.2) is 0 Å². The average molecular weight is 309 g/mol. The molecule has 0 amide bonds. The summed E-state index contributed by atoms with van der Waals surface area (Å²) in [6, 6.07) is 0. The van der Waals surface area contributed by atoms with E-state index in [4.69, 9.17) is 15.4 Å². The number of rotatable bonds is 3. The van der Waals surface area contributed by atoms with Crippen LogP contribution in [0.4, 0.5) is 0 Å². The second-order valence-corrected chi connectivity index (χ2v) is 8.45. The van der Waals surface area contributed by atoms with Crippen molar-refractivity contribution in [3.8, 4) is 0 Å². The van der Waals surface area contributed by atoms with Crippen LogP contribution in [0.5, 0.6) is 0 Å². The van der Waals surface area contributed by atoms with Crippen LogP contribution in [0.2, 0.25) is 0 Å². The van der Waals surface area contributed by atoms with Crippen molar-refractivity contribution in [2.45, 2.75) is 47.0 Å². The second-order valence-electron chi connectivity index (χ2n) is 5.87. The molecule has 0 aromatic rings. The molecule has 4 nitrogen and oxygen atoms in total. The Morgan fingerprint density at radius 3 is 2.42 bits per heavy atom. The van der Waals surface area contributed by atoms with Crippen molar-refractivity contribution in [2.75, 3.05) is 6.61 Å². The number of ether oxygens (including phenoxy) is 1. The highest BCUT2D eigenvalue weighted by Gasteiger charge is 2.36. The highest BCUT2D eigenvalue weighted by molar-refractivity contribution is 8.16. The molecule has 1 aliphatic rings. The highest BCUT2D eigenvalue weighted by Crippen LogP contribution is 2.42. The molecule has 0 aromatic carbocycles. The van der Waals surface area contributed by atoms with Crippen molar-refractivity contribution in [2.24, 2.45) is 11.3 Å². The molecule has 6 heteroatoms. The predicted molar refractivity (Wildman–Crippen MR) is 75.2 cm³/mol. The molecule has 0 heterocycles. The number of hydrogen-bond donors (Lipinski definition) is 0. The first-order valence-electron chi connectivity index (χ1n) is 6.41.